The van der Waals surface area contributed by atoms with Gasteiger partial charge in [-0.2, -0.15) is 0 Å². The van der Waals surface area contributed by atoms with Crippen molar-refractivity contribution in [2.45, 2.75) is 32.9 Å². The van der Waals surface area contributed by atoms with Crippen LogP contribution in [0.2, 0.25) is 0 Å². The van der Waals surface area contributed by atoms with Crippen LogP contribution in [0.1, 0.15) is 27.2 Å². The third-order valence-corrected chi connectivity index (χ3v) is 11.4. The van der Waals surface area contributed by atoms with Gasteiger partial charge < -0.3 is 0 Å². The summed E-state index contributed by atoms with van der Waals surface area (Å²) in [5, 5.41) is 4.74. The van der Waals surface area contributed by atoms with Crippen LogP contribution in [0.5, 0.6) is 11.5 Å². The molecule has 4 aromatic rings. The number of benzene rings is 4. The number of hydrogen-bond donors (Lipinski definition) is 0. The Hall–Kier alpha value is -2.31. The van der Waals surface area contributed by atoms with Crippen LogP contribution in [0.4, 0.5) is 0 Å². The van der Waals surface area contributed by atoms with Gasteiger partial charge in [-0.05, 0) is 0 Å². The molecule has 0 radical (unpaired) electrons. The standard InChI is InChI=1S/C28H27O2PSe/c1-5-10-25(28(2,3)4)31(32)29-23-17-15-19-11-6-8-13-21(19)26(23)27-22-14-9-7-12-20(22)16-18-24(27)30-31/h5-9,11-18,25H,1,10H2,2-4H3/t25-/m1/s1. The van der Waals surface area contributed by atoms with Crippen molar-refractivity contribution >= 4 is 42.6 Å². The minimum atomic E-state index is -2.47. The van der Waals surface area contributed by atoms with E-state index in [1.54, 1.807) is 0 Å². The van der Waals surface area contributed by atoms with Gasteiger partial charge in [0.25, 0.3) is 0 Å². The van der Waals surface area contributed by atoms with Gasteiger partial charge in [0.1, 0.15) is 0 Å². The Kier molecular flexibility index (Phi) is 5.33. The van der Waals surface area contributed by atoms with Gasteiger partial charge in [-0.1, -0.05) is 0 Å². The second kappa shape index (κ2) is 7.92. The first-order valence-electron chi connectivity index (χ1n) is 11.0. The molecule has 162 valence electrons. The van der Waals surface area contributed by atoms with E-state index in [9.17, 15) is 0 Å². The molecular weight excluding hydrogens is 478 g/mol. The van der Waals surface area contributed by atoms with Gasteiger partial charge >= 0.3 is 198 Å². The van der Waals surface area contributed by atoms with Gasteiger partial charge in [0, 0.05) is 0 Å². The Balaban J connectivity index is 1.88. The molecular formula is C28H27O2PSe. The van der Waals surface area contributed by atoms with E-state index in [0.717, 1.165) is 29.0 Å². The SMILES string of the molecule is C=CC[C@H](C(C)(C)C)P1(=[Se])Oc2ccc3ccccc3c2-c2c(ccc3ccccc23)O1. The summed E-state index contributed by atoms with van der Waals surface area (Å²) in [6.45, 7) is 10.8. The van der Waals surface area contributed by atoms with Crippen molar-refractivity contribution < 1.29 is 9.05 Å². The topological polar surface area (TPSA) is 18.5 Å². The van der Waals surface area contributed by atoms with Crippen molar-refractivity contribution in [3.8, 4) is 22.6 Å². The molecule has 2 nitrogen and oxygen atoms in total. The fraction of sp³-hybridized carbons (Fsp3) is 0.214. The van der Waals surface area contributed by atoms with Gasteiger partial charge in [0.15, 0.2) is 0 Å². The van der Waals surface area contributed by atoms with E-state index in [-0.39, 0.29) is 11.1 Å². The Bertz CT molecular complexity index is 1310. The summed E-state index contributed by atoms with van der Waals surface area (Å²) >= 11 is 3.42. The van der Waals surface area contributed by atoms with Crippen LogP contribution in [0.25, 0.3) is 32.7 Å². The average molecular weight is 505 g/mol. The first-order chi connectivity index (χ1) is 15.3. The maximum atomic E-state index is 6.91. The van der Waals surface area contributed by atoms with Crippen LogP contribution in [0.15, 0.2) is 85.5 Å². The first kappa shape index (κ1) is 21.5. The molecule has 0 bridgehead atoms. The van der Waals surface area contributed by atoms with E-state index >= 15 is 0 Å². The van der Waals surface area contributed by atoms with E-state index in [1.165, 1.54) is 21.5 Å². The minimum absolute atomic E-state index is 0.0222. The fourth-order valence-corrected chi connectivity index (χ4v) is 10.7. The Morgan fingerprint density at radius 2 is 1.28 bits per heavy atom. The van der Waals surface area contributed by atoms with Gasteiger partial charge in [-0.25, -0.2) is 0 Å². The van der Waals surface area contributed by atoms with Crippen molar-refractivity contribution in [3.63, 3.8) is 0 Å². The molecule has 0 amide bonds. The molecule has 32 heavy (non-hydrogen) atoms. The van der Waals surface area contributed by atoms with Crippen molar-refractivity contribution in [1.29, 1.82) is 0 Å². The maximum absolute atomic E-state index is 6.91. The second-order valence-electron chi connectivity index (χ2n) is 9.45. The fourth-order valence-electron chi connectivity index (χ4n) is 4.71. The molecule has 1 aliphatic heterocycles. The molecule has 0 N–H and O–H groups in total. The number of rotatable bonds is 3. The number of hydrogen-bond acceptors (Lipinski definition) is 2. The molecule has 1 heterocycles. The first-order valence-corrected chi connectivity index (χ1v) is 14.9. The zero-order valence-corrected chi connectivity index (χ0v) is 21.3. The van der Waals surface area contributed by atoms with E-state index in [4.69, 9.17) is 9.05 Å². The van der Waals surface area contributed by atoms with Crippen LogP contribution >= 0.6 is 5.96 Å². The zero-order chi connectivity index (χ0) is 22.5. The molecule has 5 rings (SSSR count). The monoisotopic (exact) mass is 506 g/mol. The summed E-state index contributed by atoms with van der Waals surface area (Å²) in [5.41, 5.74) is 2.35. The Morgan fingerprint density at radius 1 is 0.812 bits per heavy atom. The molecule has 4 aromatic carbocycles. The molecule has 0 spiro atoms. The van der Waals surface area contributed by atoms with Crippen LogP contribution in [-0.2, 0) is 0 Å². The quantitative estimate of drug-likeness (QED) is 0.158. The molecule has 1 aliphatic rings. The normalized spacial score (nSPS) is 15.7. The third-order valence-electron chi connectivity index (χ3n) is 6.25. The van der Waals surface area contributed by atoms with Crippen LogP contribution < -0.4 is 9.05 Å². The molecule has 0 saturated heterocycles. The zero-order valence-electron chi connectivity index (χ0n) is 18.7. The summed E-state index contributed by atoms with van der Waals surface area (Å²) in [6, 6.07) is 25.5. The van der Waals surface area contributed by atoms with Crippen LogP contribution in [-0.4, -0.2) is 20.8 Å². The van der Waals surface area contributed by atoms with E-state index in [1.807, 2.05) is 6.08 Å². The summed E-state index contributed by atoms with van der Waals surface area (Å²) < 4.78 is 13.8. The molecule has 0 unspecified atom stereocenters. The Morgan fingerprint density at radius 3 is 1.72 bits per heavy atom. The number of fused-ring (bicyclic) bond motifs is 7. The van der Waals surface area contributed by atoms with E-state index in [0.29, 0.717) is 0 Å². The second-order valence-corrected chi connectivity index (χ2v) is 14.7. The Labute approximate surface area is 197 Å². The average Bonchev–Trinajstić information content (AvgIpc) is 2.90. The third kappa shape index (κ3) is 3.54. The predicted octanol–water partition coefficient (Wildman–Crippen LogP) is 8.35. The van der Waals surface area contributed by atoms with Crippen molar-refractivity contribution in [3.05, 3.63) is 85.5 Å². The summed E-state index contributed by atoms with van der Waals surface area (Å²) in [4.78, 5) is 0. The van der Waals surface area contributed by atoms with E-state index < -0.39 is 5.96 Å². The molecule has 0 fully saturated rings. The molecule has 0 aromatic heterocycles. The van der Waals surface area contributed by atoms with Gasteiger partial charge in [0.05, 0.1) is 0 Å². The molecule has 0 aliphatic carbocycles. The van der Waals surface area contributed by atoms with Crippen LogP contribution in [0.3, 0.4) is 0 Å². The summed E-state index contributed by atoms with van der Waals surface area (Å²) in [5.74, 6) is -0.714. The predicted molar refractivity (Wildman–Crippen MR) is 139 cm³/mol. The van der Waals surface area contributed by atoms with Gasteiger partial charge in [-0.3, -0.25) is 0 Å². The van der Waals surface area contributed by atoms with E-state index in [2.05, 4.69) is 115 Å². The van der Waals surface area contributed by atoms with Crippen molar-refractivity contribution in [1.82, 2.24) is 0 Å². The number of allylic oxidation sites excluding steroid dienone is 1. The summed E-state index contributed by atoms with van der Waals surface area (Å²) in [6.07, 6.45) is 2.80. The van der Waals surface area contributed by atoms with Gasteiger partial charge in [0.2, 0.25) is 0 Å². The molecule has 0 saturated carbocycles. The van der Waals surface area contributed by atoms with Gasteiger partial charge in [-0.15, -0.1) is 0 Å². The molecule has 4 heteroatoms. The summed E-state index contributed by atoms with van der Waals surface area (Å²) in [7, 11) is 0. The van der Waals surface area contributed by atoms with Crippen molar-refractivity contribution in [2.24, 2.45) is 5.41 Å². The van der Waals surface area contributed by atoms with Crippen molar-refractivity contribution in [2.75, 3.05) is 0 Å². The molecule has 1 atom stereocenters. The van der Waals surface area contributed by atoms with Crippen LogP contribution in [0, 0.1) is 5.41 Å².